The summed E-state index contributed by atoms with van der Waals surface area (Å²) in [7, 11) is 0. The number of rotatable bonds is 5. The molecule has 0 aliphatic heterocycles. The summed E-state index contributed by atoms with van der Waals surface area (Å²) >= 11 is 9.01. The minimum absolute atomic E-state index is 0.00349. The zero-order valence-electron chi connectivity index (χ0n) is 11.9. The van der Waals surface area contributed by atoms with Crippen LogP contribution >= 0.6 is 27.5 Å². The summed E-state index contributed by atoms with van der Waals surface area (Å²) in [5.41, 5.74) is 1.24. The molecule has 116 valence electrons. The normalized spacial score (nSPS) is 11.8. The number of amides is 1. The Kier molecular flexibility index (Phi) is 5.80. The molecule has 3 nitrogen and oxygen atoms in total. The second-order valence-electron chi connectivity index (χ2n) is 4.82. The highest BCUT2D eigenvalue weighted by atomic mass is 79.9. The summed E-state index contributed by atoms with van der Waals surface area (Å²) in [6.07, 6.45) is 0. The average Bonchev–Trinajstić information content (AvgIpc) is 2.47. The van der Waals surface area contributed by atoms with Crippen molar-refractivity contribution in [3.63, 3.8) is 0 Å². The molecule has 0 aliphatic rings. The van der Waals surface area contributed by atoms with Crippen molar-refractivity contribution < 1.29 is 9.18 Å². The largest absolute Gasteiger partial charge is 0.374 e. The van der Waals surface area contributed by atoms with Crippen molar-refractivity contribution in [1.82, 2.24) is 5.32 Å². The van der Waals surface area contributed by atoms with Crippen LogP contribution in [-0.4, -0.2) is 12.5 Å². The summed E-state index contributed by atoms with van der Waals surface area (Å²) in [5.74, 6) is -0.627. The predicted molar refractivity (Wildman–Crippen MR) is 90.6 cm³/mol. The lowest BCUT2D eigenvalue weighted by Gasteiger charge is -2.15. The third-order valence-electron chi connectivity index (χ3n) is 3.12. The van der Waals surface area contributed by atoms with E-state index in [-0.39, 0.29) is 24.2 Å². The number of nitrogens with one attached hydrogen (secondary N) is 2. The molecule has 22 heavy (non-hydrogen) atoms. The highest BCUT2D eigenvalue weighted by molar-refractivity contribution is 9.10. The number of anilines is 1. The Bertz CT molecular complexity index is 664. The van der Waals surface area contributed by atoms with Gasteiger partial charge in [0.25, 0.3) is 0 Å². The van der Waals surface area contributed by atoms with Gasteiger partial charge in [0, 0.05) is 9.50 Å². The summed E-state index contributed by atoms with van der Waals surface area (Å²) in [4.78, 5) is 11.9. The molecule has 0 spiro atoms. The molecule has 1 unspecified atom stereocenters. The summed E-state index contributed by atoms with van der Waals surface area (Å²) in [5, 5.41) is 6.27. The average molecular weight is 386 g/mol. The lowest BCUT2D eigenvalue weighted by atomic mass is 10.1. The van der Waals surface area contributed by atoms with E-state index in [1.54, 1.807) is 24.3 Å². The maximum atomic E-state index is 13.6. The minimum atomic E-state index is -0.409. The second kappa shape index (κ2) is 7.61. The fourth-order valence-electron chi connectivity index (χ4n) is 1.94. The molecule has 0 saturated heterocycles. The number of carbonyl (C=O) groups excluding carboxylic acids is 1. The van der Waals surface area contributed by atoms with Gasteiger partial charge < -0.3 is 10.6 Å². The number of carbonyl (C=O) groups is 1. The van der Waals surface area contributed by atoms with Crippen molar-refractivity contribution in [2.75, 3.05) is 11.9 Å². The monoisotopic (exact) mass is 384 g/mol. The predicted octanol–water partition coefficient (Wildman–Crippen LogP) is 4.53. The van der Waals surface area contributed by atoms with Crippen LogP contribution in [0.5, 0.6) is 0 Å². The first-order valence-corrected chi connectivity index (χ1v) is 7.86. The third-order valence-corrected chi connectivity index (χ3v) is 3.86. The molecule has 1 amide bonds. The second-order valence-corrected chi connectivity index (χ2v) is 6.17. The lowest BCUT2D eigenvalue weighted by molar-refractivity contribution is -0.120. The molecule has 2 aromatic carbocycles. The number of hydrogen-bond acceptors (Lipinski definition) is 2. The molecular formula is C16H15BrClFN2O. The minimum Gasteiger partial charge on any atom is -0.374 e. The first-order chi connectivity index (χ1) is 10.5. The molecule has 0 radical (unpaired) electrons. The van der Waals surface area contributed by atoms with Crippen molar-refractivity contribution in [2.45, 2.75) is 13.0 Å². The zero-order chi connectivity index (χ0) is 16.1. The first-order valence-electron chi connectivity index (χ1n) is 6.69. The first kappa shape index (κ1) is 16.8. The van der Waals surface area contributed by atoms with Crippen molar-refractivity contribution in [3.05, 3.63) is 63.3 Å². The fourth-order valence-corrected chi connectivity index (χ4v) is 2.39. The van der Waals surface area contributed by atoms with E-state index in [1.165, 1.54) is 6.07 Å². The van der Waals surface area contributed by atoms with Gasteiger partial charge in [-0.05, 0) is 42.8 Å². The fraction of sp³-hybridized carbons (Fsp3) is 0.188. The van der Waals surface area contributed by atoms with Gasteiger partial charge in [-0.15, -0.1) is 0 Å². The Morgan fingerprint density at radius 1 is 1.27 bits per heavy atom. The van der Waals surface area contributed by atoms with Gasteiger partial charge in [0.05, 0.1) is 18.3 Å². The molecule has 0 fully saturated rings. The molecule has 0 saturated carbocycles. The van der Waals surface area contributed by atoms with E-state index < -0.39 is 5.82 Å². The molecule has 0 aliphatic carbocycles. The van der Waals surface area contributed by atoms with Crippen molar-refractivity contribution in [1.29, 1.82) is 0 Å². The molecule has 0 aromatic heterocycles. The summed E-state index contributed by atoms with van der Waals surface area (Å²) in [6, 6.07) is 11.7. The highest BCUT2D eigenvalue weighted by Gasteiger charge is 2.10. The zero-order valence-corrected chi connectivity index (χ0v) is 14.2. The lowest BCUT2D eigenvalue weighted by Crippen LogP contribution is -2.32. The van der Waals surface area contributed by atoms with Gasteiger partial charge >= 0.3 is 0 Å². The van der Waals surface area contributed by atoms with Gasteiger partial charge in [0.15, 0.2) is 0 Å². The van der Waals surface area contributed by atoms with E-state index in [9.17, 15) is 9.18 Å². The Hall–Kier alpha value is -1.59. The van der Waals surface area contributed by atoms with Crippen LogP contribution in [0.15, 0.2) is 46.9 Å². The Balaban J connectivity index is 1.88. The van der Waals surface area contributed by atoms with Crippen LogP contribution in [0.3, 0.4) is 0 Å². The maximum Gasteiger partial charge on any atom is 0.239 e. The van der Waals surface area contributed by atoms with Crippen LogP contribution < -0.4 is 10.6 Å². The van der Waals surface area contributed by atoms with E-state index >= 15 is 0 Å². The Morgan fingerprint density at radius 3 is 2.59 bits per heavy atom. The molecule has 2 N–H and O–H groups in total. The number of halogens is 3. The quantitative estimate of drug-likeness (QED) is 0.794. The van der Waals surface area contributed by atoms with E-state index in [0.717, 1.165) is 5.56 Å². The molecule has 6 heteroatoms. The van der Waals surface area contributed by atoms with Crippen LogP contribution in [0.25, 0.3) is 0 Å². The molecule has 0 heterocycles. The number of hydrogen-bond donors (Lipinski definition) is 2. The van der Waals surface area contributed by atoms with Gasteiger partial charge in [0.1, 0.15) is 5.82 Å². The number of benzene rings is 2. The third kappa shape index (κ3) is 4.71. The van der Waals surface area contributed by atoms with Crippen LogP contribution in [0.4, 0.5) is 10.1 Å². The highest BCUT2D eigenvalue weighted by Crippen LogP contribution is 2.19. The van der Waals surface area contributed by atoms with Gasteiger partial charge in [0.2, 0.25) is 5.91 Å². The molecule has 2 aromatic rings. The van der Waals surface area contributed by atoms with Gasteiger partial charge in [-0.25, -0.2) is 4.39 Å². The van der Waals surface area contributed by atoms with Crippen LogP contribution in [0.1, 0.15) is 18.5 Å². The smallest absolute Gasteiger partial charge is 0.239 e. The van der Waals surface area contributed by atoms with Gasteiger partial charge in [-0.3, -0.25) is 4.79 Å². The van der Waals surface area contributed by atoms with E-state index in [0.29, 0.717) is 9.50 Å². The van der Waals surface area contributed by atoms with Gasteiger partial charge in [-0.2, -0.15) is 0 Å². The van der Waals surface area contributed by atoms with Gasteiger partial charge in [-0.1, -0.05) is 39.7 Å². The SMILES string of the molecule is CC(NC(=O)CNc1ccc(Br)cc1F)c1ccc(Cl)cc1. The molecule has 0 bridgehead atoms. The maximum absolute atomic E-state index is 13.6. The van der Waals surface area contributed by atoms with E-state index in [2.05, 4.69) is 26.6 Å². The molecule has 1 atom stereocenters. The van der Waals surface area contributed by atoms with Crippen LogP contribution in [-0.2, 0) is 4.79 Å². The van der Waals surface area contributed by atoms with Crippen molar-refractivity contribution in [2.24, 2.45) is 0 Å². The van der Waals surface area contributed by atoms with E-state index in [4.69, 9.17) is 11.6 Å². The van der Waals surface area contributed by atoms with Crippen LogP contribution in [0.2, 0.25) is 5.02 Å². The topological polar surface area (TPSA) is 41.1 Å². The summed E-state index contributed by atoms with van der Waals surface area (Å²) < 4.78 is 14.3. The van der Waals surface area contributed by atoms with Crippen LogP contribution in [0, 0.1) is 5.82 Å². The van der Waals surface area contributed by atoms with Crippen molar-refractivity contribution >= 4 is 39.1 Å². The standard InChI is InChI=1S/C16H15BrClFN2O/c1-10(11-2-5-13(18)6-3-11)21-16(22)9-20-15-7-4-12(17)8-14(15)19/h2-8,10,20H,9H2,1H3,(H,21,22). The van der Waals surface area contributed by atoms with Crippen molar-refractivity contribution in [3.8, 4) is 0 Å². The Labute approximate surface area is 142 Å². The van der Waals surface area contributed by atoms with E-state index in [1.807, 2.05) is 19.1 Å². The summed E-state index contributed by atoms with van der Waals surface area (Å²) in [6.45, 7) is 1.87. The Morgan fingerprint density at radius 2 is 1.95 bits per heavy atom. The molecule has 2 rings (SSSR count). The molecular weight excluding hydrogens is 371 g/mol.